The molecule has 0 saturated heterocycles. The van der Waals surface area contributed by atoms with Gasteiger partial charge in [0.05, 0.1) is 19.3 Å². The zero-order valence-corrected chi connectivity index (χ0v) is 18.7. The Morgan fingerprint density at radius 2 is 1.97 bits per heavy atom. The molecule has 2 rings (SSSR count). The number of ether oxygens (including phenoxy) is 3. The van der Waals surface area contributed by atoms with E-state index in [1.807, 2.05) is 39.0 Å². The van der Waals surface area contributed by atoms with Crippen LogP contribution in [0.1, 0.15) is 37.5 Å². The van der Waals surface area contributed by atoms with Gasteiger partial charge in [-0.2, -0.15) is 0 Å². The fraction of sp³-hybridized carbons (Fsp3) is 0.478. The van der Waals surface area contributed by atoms with Gasteiger partial charge in [0.2, 0.25) is 5.88 Å². The van der Waals surface area contributed by atoms with Crippen molar-refractivity contribution in [2.45, 2.75) is 46.9 Å². The van der Waals surface area contributed by atoms with Gasteiger partial charge in [-0.1, -0.05) is 18.2 Å². The molecule has 2 N–H and O–H groups in total. The van der Waals surface area contributed by atoms with E-state index < -0.39 is 0 Å². The van der Waals surface area contributed by atoms with E-state index in [1.165, 1.54) is 0 Å². The first-order valence-electron chi connectivity index (χ1n) is 10.4. The van der Waals surface area contributed by atoms with Gasteiger partial charge in [0.25, 0.3) is 0 Å². The van der Waals surface area contributed by atoms with E-state index >= 15 is 0 Å². The maximum absolute atomic E-state index is 5.87. The highest BCUT2D eigenvalue weighted by Gasteiger charge is 2.06. The largest absolute Gasteiger partial charge is 0.491 e. The molecule has 1 aromatic heterocycles. The van der Waals surface area contributed by atoms with E-state index in [1.54, 1.807) is 13.3 Å². The smallest absolute Gasteiger partial charge is 0.213 e. The molecular formula is C23H34N4O3. The van der Waals surface area contributed by atoms with E-state index in [0.29, 0.717) is 32.2 Å². The second-order valence-corrected chi connectivity index (χ2v) is 7.17. The van der Waals surface area contributed by atoms with Gasteiger partial charge in [-0.05, 0) is 44.9 Å². The van der Waals surface area contributed by atoms with Gasteiger partial charge >= 0.3 is 0 Å². The number of guanidine groups is 1. The maximum Gasteiger partial charge on any atom is 0.213 e. The Kier molecular flexibility index (Phi) is 9.94. The van der Waals surface area contributed by atoms with Crippen molar-refractivity contribution in [3.05, 3.63) is 53.2 Å². The summed E-state index contributed by atoms with van der Waals surface area (Å²) in [7, 11) is 1.67. The Labute approximate surface area is 179 Å². The lowest BCUT2D eigenvalue weighted by atomic mass is 10.1. The quantitative estimate of drug-likeness (QED) is 0.333. The number of hydrogen-bond donors (Lipinski definition) is 2. The standard InChI is InChI=1S/C23H34N4O3/c1-6-24-23(26-15-19-8-10-22(25-14-19)30-17(2)3)27-16-20-9-7-18(4)13-21(20)29-12-11-28-5/h7-10,13-14,17H,6,11-12,15-16H2,1-5H3,(H2,24,26,27). The molecule has 0 bridgehead atoms. The van der Waals surface area contributed by atoms with Crippen LogP contribution >= 0.6 is 0 Å². The Morgan fingerprint density at radius 3 is 2.63 bits per heavy atom. The van der Waals surface area contributed by atoms with E-state index in [2.05, 4.69) is 39.7 Å². The molecule has 164 valence electrons. The number of hydrogen-bond acceptors (Lipinski definition) is 5. The molecular weight excluding hydrogens is 380 g/mol. The van der Waals surface area contributed by atoms with Crippen LogP contribution in [-0.4, -0.2) is 43.9 Å². The zero-order valence-electron chi connectivity index (χ0n) is 18.7. The molecule has 0 aliphatic heterocycles. The van der Waals surface area contributed by atoms with Gasteiger partial charge in [0.15, 0.2) is 5.96 Å². The summed E-state index contributed by atoms with van der Waals surface area (Å²) in [5.41, 5.74) is 3.24. The SMILES string of the molecule is CCNC(=NCc1ccc(OC(C)C)nc1)NCc1ccc(C)cc1OCCOC. The van der Waals surface area contributed by atoms with Gasteiger partial charge in [-0.15, -0.1) is 0 Å². The van der Waals surface area contributed by atoms with Gasteiger partial charge < -0.3 is 24.8 Å². The molecule has 0 unspecified atom stereocenters. The lowest BCUT2D eigenvalue weighted by Gasteiger charge is -2.15. The van der Waals surface area contributed by atoms with E-state index in [9.17, 15) is 0 Å². The van der Waals surface area contributed by atoms with Crippen molar-refractivity contribution in [1.82, 2.24) is 15.6 Å². The minimum absolute atomic E-state index is 0.107. The molecule has 1 heterocycles. The summed E-state index contributed by atoms with van der Waals surface area (Å²) in [4.78, 5) is 9.00. The topological polar surface area (TPSA) is 77.0 Å². The Hall–Kier alpha value is -2.80. The van der Waals surface area contributed by atoms with Crippen molar-refractivity contribution >= 4 is 5.96 Å². The first kappa shape index (κ1) is 23.5. The van der Waals surface area contributed by atoms with Crippen LogP contribution in [0, 0.1) is 6.92 Å². The molecule has 1 aromatic carbocycles. The van der Waals surface area contributed by atoms with Crippen molar-refractivity contribution < 1.29 is 14.2 Å². The molecule has 7 heteroatoms. The van der Waals surface area contributed by atoms with Crippen LogP contribution in [0.3, 0.4) is 0 Å². The number of nitrogens with one attached hydrogen (secondary N) is 2. The van der Waals surface area contributed by atoms with E-state index in [0.717, 1.165) is 34.9 Å². The second-order valence-electron chi connectivity index (χ2n) is 7.17. The lowest BCUT2D eigenvalue weighted by molar-refractivity contribution is 0.145. The summed E-state index contributed by atoms with van der Waals surface area (Å²) in [6.07, 6.45) is 1.91. The minimum Gasteiger partial charge on any atom is -0.491 e. The summed E-state index contributed by atoms with van der Waals surface area (Å²) < 4.78 is 16.5. The maximum atomic E-state index is 5.87. The number of nitrogens with zero attached hydrogens (tertiary/aromatic N) is 2. The highest BCUT2D eigenvalue weighted by molar-refractivity contribution is 5.79. The number of aromatic nitrogens is 1. The first-order valence-corrected chi connectivity index (χ1v) is 10.4. The van der Waals surface area contributed by atoms with E-state index in [-0.39, 0.29) is 6.10 Å². The molecule has 0 saturated carbocycles. The van der Waals surface area contributed by atoms with Crippen LogP contribution in [0.15, 0.2) is 41.5 Å². The molecule has 0 aliphatic carbocycles. The Bertz CT molecular complexity index is 792. The highest BCUT2D eigenvalue weighted by atomic mass is 16.5. The third kappa shape index (κ3) is 8.29. The summed E-state index contributed by atoms with van der Waals surface area (Å²) >= 11 is 0. The molecule has 0 aliphatic rings. The number of pyridine rings is 1. The molecule has 0 fully saturated rings. The average Bonchev–Trinajstić information content (AvgIpc) is 2.72. The summed E-state index contributed by atoms with van der Waals surface area (Å²) in [6, 6.07) is 10.1. The third-order valence-electron chi connectivity index (χ3n) is 4.13. The van der Waals surface area contributed by atoms with Crippen LogP contribution in [0.5, 0.6) is 11.6 Å². The van der Waals surface area contributed by atoms with Gasteiger partial charge in [-0.25, -0.2) is 9.98 Å². The molecule has 2 aromatic rings. The zero-order chi connectivity index (χ0) is 21.8. The Balaban J connectivity index is 2.00. The van der Waals surface area contributed by atoms with Crippen molar-refractivity contribution in [2.24, 2.45) is 4.99 Å². The van der Waals surface area contributed by atoms with Gasteiger partial charge in [-0.3, -0.25) is 0 Å². The van der Waals surface area contributed by atoms with Crippen molar-refractivity contribution in [1.29, 1.82) is 0 Å². The number of methoxy groups -OCH3 is 1. The number of aryl methyl sites for hydroxylation is 1. The molecule has 0 amide bonds. The summed E-state index contributed by atoms with van der Waals surface area (Å²) in [5, 5.41) is 6.65. The van der Waals surface area contributed by atoms with Crippen LogP contribution in [-0.2, 0) is 17.8 Å². The number of benzene rings is 1. The highest BCUT2D eigenvalue weighted by Crippen LogP contribution is 2.20. The Morgan fingerprint density at radius 1 is 1.13 bits per heavy atom. The minimum atomic E-state index is 0.107. The van der Waals surface area contributed by atoms with Crippen LogP contribution < -0.4 is 20.1 Å². The molecule has 0 atom stereocenters. The molecule has 0 spiro atoms. The summed E-state index contributed by atoms with van der Waals surface area (Å²) in [5.74, 6) is 2.23. The first-order chi connectivity index (χ1) is 14.5. The van der Waals surface area contributed by atoms with Crippen molar-refractivity contribution in [3.63, 3.8) is 0 Å². The van der Waals surface area contributed by atoms with Gasteiger partial charge in [0, 0.05) is 38.0 Å². The average molecular weight is 415 g/mol. The van der Waals surface area contributed by atoms with Crippen molar-refractivity contribution in [2.75, 3.05) is 26.9 Å². The lowest BCUT2D eigenvalue weighted by Crippen LogP contribution is -2.36. The fourth-order valence-corrected chi connectivity index (χ4v) is 2.68. The number of rotatable bonds is 11. The normalized spacial score (nSPS) is 11.5. The summed E-state index contributed by atoms with van der Waals surface area (Å²) in [6.45, 7) is 11.0. The third-order valence-corrected chi connectivity index (χ3v) is 4.13. The second kappa shape index (κ2) is 12.7. The van der Waals surface area contributed by atoms with E-state index in [4.69, 9.17) is 14.2 Å². The molecule has 7 nitrogen and oxygen atoms in total. The predicted octanol–water partition coefficient (Wildman–Crippen LogP) is 3.46. The van der Waals surface area contributed by atoms with Crippen LogP contribution in [0.2, 0.25) is 0 Å². The molecule has 30 heavy (non-hydrogen) atoms. The van der Waals surface area contributed by atoms with Gasteiger partial charge in [0.1, 0.15) is 12.4 Å². The number of aliphatic imine (C=N–C) groups is 1. The molecule has 0 radical (unpaired) electrons. The van der Waals surface area contributed by atoms with Crippen LogP contribution in [0.4, 0.5) is 0 Å². The predicted molar refractivity (Wildman–Crippen MR) is 120 cm³/mol. The van der Waals surface area contributed by atoms with Crippen molar-refractivity contribution in [3.8, 4) is 11.6 Å². The van der Waals surface area contributed by atoms with Crippen LogP contribution in [0.25, 0.3) is 0 Å². The fourth-order valence-electron chi connectivity index (χ4n) is 2.68. The monoisotopic (exact) mass is 414 g/mol.